The van der Waals surface area contributed by atoms with Gasteiger partial charge in [0.05, 0.1) is 6.20 Å². The Morgan fingerprint density at radius 3 is 2.80 bits per heavy atom. The van der Waals surface area contributed by atoms with E-state index < -0.39 is 0 Å². The monoisotopic (exact) mass is 268 g/mol. The normalized spacial score (nSPS) is 28.7. The average molecular weight is 268 g/mol. The number of nitrogens with zero attached hydrogens (tertiary/aromatic N) is 1. The third-order valence-electron chi connectivity index (χ3n) is 4.85. The van der Waals surface area contributed by atoms with Crippen LogP contribution >= 0.6 is 0 Å². The van der Waals surface area contributed by atoms with Gasteiger partial charge in [-0.25, -0.2) is 4.98 Å². The van der Waals surface area contributed by atoms with Gasteiger partial charge in [0.2, 0.25) is 0 Å². The summed E-state index contributed by atoms with van der Waals surface area (Å²) in [4.78, 5) is 4.29. The van der Waals surface area contributed by atoms with Crippen LogP contribution in [0.15, 0.2) is 41.1 Å². The second-order valence-electron chi connectivity index (χ2n) is 6.11. The van der Waals surface area contributed by atoms with Gasteiger partial charge in [0.1, 0.15) is 6.26 Å². The van der Waals surface area contributed by atoms with E-state index in [4.69, 9.17) is 4.42 Å². The molecule has 2 aliphatic heterocycles. The van der Waals surface area contributed by atoms with Gasteiger partial charge < -0.3 is 9.73 Å². The second kappa shape index (κ2) is 5.06. The maximum atomic E-state index is 5.43. The molecule has 3 nitrogen and oxygen atoms in total. The van der Waals surface area contributed by atoms with Crippen molar-refractivity contribution in [2.24, 2.45) is 5.92 Å². The van der Waals surface area contributed by atoms with Crippen molar-refractivity contribution in [1.82, 2.24) is 10.3 Å². The van der Waals surface area contributed by atoms with E-state index >= 15 is 0 Å². The maximum absolute atomic E-state index is 5.43. The summed E-state index contributed by atoms with van der Waals surface area (Å²) in [5.41, 5.74) is 3.07. The summed E-state index contributed by atoms with van der Waals surface area (Å²) in [5.74, 6) is 1.56. The van der Waals surface area contributed by atoms with Crippen LogP contribution in [0.4, 0.5) is 0 Å². The summed E-state index contributed by atoms with van der Waals surface area (Å²) in [7, 11) is 0. The smallest absolute Gasteiger partial charge is 0.195 e. The third kappa shape index (κ3) is 2.27. The number of hydrogen-bond acceptors (Lipinski definition) is 3. The first kappa shape index (κ1) is 12.2. The van der Waals surface area contributed by atoms with Crippen LogP contribution in [0.25, 0.3) is 0 Å². The van der Waals surface area contributed by atoms with E-state index in [1.54, 1.807) is 18.0 Å². The summed E-state index contributed by atoms with van der Waals surface area (Å²) in [6.07, 6.45) is 9.28. The number of piperidine rings is 1. The minimum atomic E-state index is 0.501. The SMILES string of the molecule is c1ccc2c(c1)C[C@H]1CC[C@@H](C2)[C@@H](Cc2ncco2)N1. The highest BCUT2D eigenvalue weighted by molar-refractivity contribution is 5.30. The van der Waals surface area contributed by atoms with Crippen LogP contribution < -0.4 is 5.32 Å². The highest BCUT2D eigenvalue weighted by Crippen LogP contribution is 2.31. The van der Waals surface area contributed by atoms with Gasteiger partial charge in [-0.1, -0.05) is 24.3 Å². The minimum Gasteiger partial charge on any atom is -0.449 e. The lowest BCUT2D eigenvalue weighted by molar-refractivity contribution is 0.209. The fraction of sp³-hybridized carbons (Fsp3) is 0.471. The zero-order chi connectivity index (χ0) is 13.4. The second-order valence-corrected chi connectivity index (χ2v) is 6.11. The van der Waals surface area contributed by atoms with E-state index in [1.807, 2.05) is 0 Å². The molecule has 3 aliphatic rings. The van der Waals surface area contributed by atoms with Crippen LogP contribution in [-0.4, -0.2) is 17.1 Å². The van der Waals surface area contributed by atoms with Crippen molar-refractivity contribution in [3.63, 3.8) is 0 Å². The Morgan fingerprint density at radius 2 is 2.00 bits per heavy atom. The van der Waals surface area contributed by atoms with Gasteiger partial charge in [0, 0.05) is 18.5 Å². The van der Waals surface area contributed by atoms with E-state index in [1.165, 1.54) is 24.8 Å². The molecule has 3 atom stereocenters. The number of aromatic nitrogens is 1. The number of oxazole rings is 1. The molecule has 3 heteroatoms. The topological polar surface area (TPSA) is 38.1 Å². The standard InChI is InChI=1S/C17H20N2O/c1-2-4-13-10-15-6-5-14(9-12(13)3-1)16(19-15)11-17-18-7-8-20-17/h1-4,7-8,14-16,19H,5-6,9-11H2/t14-,15+,16+/m0/s1. The van der Waals surface area contributed by atoms with Crippen molar-refractivity contribution >= 4 is 0 Å². The fourth-order valence-electron chi connectivity index (χ4n) is 3.82. The first-order valence-electron chi connectivity index (χ1n) is 7.59. The van der Waals surface area contributed by atoms with Crippen LogP contribution in [0.3, 0.4) is 0 Å². The van der Waals surface area contributed by atoms with Crippen LogP contribution in [0.1, 0.15) is 29.9 Å². The largest absolute Gasteiger partial charge is 0.449 e. The first-order chi connectivity index (χ1) is 9.88. The lowest BCUT2D eigenvalue weighted by Crippen LogP contribution is -2.51. The van der Waals surface area contributed by atoms with Gasteiger partial charge in [-0.3, -0.25) is 0 Å². The van der Waals surface area contributed by atoms with Crippen LogP contribution in [0, 0.1) is 5.92 Å². The molecule has 1 fully saturated rings. The van der Waals surface area contributed by atoms with Crippen molar-refractivity contribution in [1.29, 1.82) is 0 Å². The molecular formula is C17H20N2O. The number of fused-ring (bicyclic) bond motifs is 2. The highest BCUT2D eigenvalue weighted by atomic mass is 16.3. The molecule has 0 amide bonds. The Balaban J connectivity index is 1.60. The molecule has 20 heavy (non-hydrogen) atoms. The van der Waals surface area contributed by atoms with Crippen LogP contribution in [-0.2, 0) is 19.3 Å². The Kier molecular flexibility index (Phi) is 3.07. The number of benzene rings is 1. The first-order valence-corrected chi connectivity index (χ1v) is 7.59. The molecule has 104 valence electrons. The maximum Gasteiger partial charge on any atom is 0.195 e. The summed E-state index contributed by atoms with van der Waals surface area (Å²) < 4.78 is 5.43. The molecule has 2 bridgehead atoms. The van der Waals surface area contributed by atoms with E-state index in [-0.39, 0.29) is 0 Å². The number of hydrogen-bond donors (Lipinski definition) is 1. The molecule has 0 unspecified atom stereocenters. The lowest BCUT2D eigenvalue weighted by Gasteiger charge is -2.40. The third-order valence-corrected chi connectivity index (χ3v) is 4.85. The molecule has 0 radical (unpaired) electrons. The van der Waals surface area contributed by atoms with Crippen molar-refractivity contribution < 1.29 is 4.42 Å². The molecule has 0 saturated carbocycles. The lowest BCUT2D eigenvalue weighted by atomic mass is 9.76. The zero-order valence-electron chi connectivity index (χ0n) is 11.6. The van der Waals surface area contributed by atoms with E-state index in [2.05, 4.69) is 34.6 Å². The van der Waals surface area contributed by atoms with Crippen LogP contribution in [0.2, 0.25) is 0 Å². The predicted molar refractivity (Wildman–Crippen MR) is 77.5 cm³/mol. The van der Waals surface area contributed by atoms with Crippen molar-refractivity contribution in [3.05, 3.63) is 53.7 Å². The van der Waals surface area contributed by atoms with Gasteiger partial charge in [-0.2, -0.15) is 0 Å². The molecule has 1 saturated heterocycles. The Labute approximate surface area is 119 Å². The quantitative estimate of drug-likeness (QED) is 0.910. The minimum absolute atomic E-state index is 0.501. The number of nitrogens with one attached hydrogen (secondary N) is 1. The molecule has 5 rings (SSSR count). The van der Waals surface area contributed by atoms with E-state index in [0.29, 0.717) is 18.0 Å². The summed E-state index contributed by atoms with van der Waals surface area (Å²) >= 11 is 0. The Bertz CT molecular complexity index is 578. The molecule has 2 aromatic rings. The highest BCUT2D eigenvalue weighted by Gasteiger charge is 2.33. The average Bonchev–Trinajstić information content (AvgIpc) is 2.93. The van der Waals surface area contributed by atoms with Crippen molar-refractivity contribution in [3.8, 4) is 0 Å². The molecule has 1 N–H and O–H groups in total. The molecule has 1 aliphatic carbocycles. The van der Waals surface area contributed by atoms with Crippen molar-refractivity contribution in [2.45, 2.75) is 44.2 Å². The molecular weight excluding hydrogens is 248 g/mol. The van der Waals surface area contributed by atoms with Crippen LogP contribution in [0.5, 0.6) is 0 Å². The molecule has 1 aromatic heterocycles. The summed E-state index contributed by atoms with van der Waals surface area (Å²) in [6, 6.07) is 10.0. The summed E-state index contributed by atoms with van der Waals surface area (Å²) in [6.45, 7) is 0. The van der Waals surface area contributed by atoms with Crippen molar-refractivity contribution in [2.75, 3.05) is 0 Å². The summed E-state index contributed by atoms with van der Waals surface area (Å²) in [5, 5.41) is 3.83. The zero-order valence-corrected chi connectivity index (χ0v) is 11.6. The molecule has 0 spiro atoms. The van der Waals surface area contributed by atoms with Gasteiger partial charge in [0.25, 0.3) is 0 Å². The fourth-order valence-corrected chi connectivity index (χ4v) is 3.82. The van der Waals surface area contributed by atoms with Gasteiger partial charge in [0.15, 0.2) is 5.89 Å². The van der Waals surface area contributed by atoms with E-state index in [0.717, 1.165) is 18.7 Å². The Morgan fingerprint density at radius 1 is 1.15 bits per heavy atom. The van der Waals surface area contributed by atoms with E-state index in [9.17, 15) is 0 Å². The number of rotatable bonds is 2. The van der Waals surface area contributed by atoms with Gasteiger partial charge in [-0.15, -0.1) is 0 Å². The molecule has 1 aromatic carbocycles. The molecule has 3 heterocycles. The Hall–Kier alpha value is -1.61. The van der Waals surface area contributed by atoms with Gasteiger partial charge in [-0.05, 0) is 42.7 Å². The van der Waals surface area contributed by atoms with Gasteiger partial charge >= 0.3 is 0 Å². The predicted octanol–water partition coefficient (Wildman–Crippen LogP) is 2.75.